The zero-order chi connectivity index (χ0) is 3.41. The molecule has 0 bridgehead atoms. The molecule has 2 heteroatoms. The van der Waals surface area contributed by atoms with Crippen molar-refractivity contribution in [3.63, 3.8) is 0 Å². The molecule has 0 aromatic heterocycles. The molecule has 4 heavy (non-hydrogen) atoms. The number of nitrogens with two attached hydrogens (primary N) is 1. The maximum atomic E-state index is 9.17. The van der Waals surface area contributed by atoms with Gasteiger partial charge in [-0.25, -0.2) is 5.11 Å². The normalized spacial score (nSPS) is 7.50. The van der Waals surface area contributed by atoms with E-state index in [1.165, 1.54) is 0 Å². The van der Waals surface area contributed by atoms with Gasteiger partial charge in [0.2, 0.25) is 0 Å². The molecule has 2 N–H and O–H groups in total. The van der Waals surface area contributed by atoms with Crippen molar-refractivity contribution in [2.75, 3.05) is 13.2 Å². The van der Waals surface area contributed by atoms with E-state index in [0.29, 0.717) is 0 Å². The van der Waals surface area contributed by atoms with Crippen molar-refractivity contribution < 1.29 is 5.11 Å². The summed E-state index contributed by atoms with van der Waals surface area (Å²) in [5.41, 5.74) is 4.72. The Labute approximate surface area is 25.2 Å². The average molecular weight is 60.1 g/mol. The van der Waals surface area contributed by atoms with Gasteiger partial charge >= 0.3 is 0 Å². The molecule has 1 radical (unpaired) electrons. The average Bonchev–Trinajstić information content (AvgIpc) is 1.37. The van der Waals surface area contributed by atoms with Crippen LogP contribution in [-0.4, -0.2) is 13.2 Å². The van der Waals surface area contributed by atoms with E-state index in [1.54, 1.807) is 0 Å². The minimum atomic E-state index is -0.153. The van der Waals surface area contributed by atoms with E-state index in [4.69, 9.17) is 5.73 Å². The topological polar surface area (TPSA) is 45.9 Å². The summed E-state index contributed by atoms with van der Waals surface area (Å²) in [7, 11) is 0. The summed E-state index contributed by atoms with van der Waals surface area (Å²) in [6.07, 6.45) is 0. The van der Waals surface area contributed by atoms with Gasteiger partial charge in [-0.2, -0.15) is 0 Å². The molecule has 0 heterocycles. The number of hydrogen-bond acceptors (Lipinski definition) is 1. The standard InChI is InChI=1S/C2H6NO/c3-1-2-4/h1-3H2. The van der Waals surface area contributed by atoms with Gasteiger partial charge in [-0.1, -0.05) is 0 Å². The summed E-state index contributed by atoms with van der Waals surface area (Å²) in [6.45, 7) is 0.111. The van der Waals surface area contributed by atoms with Crippen LogP contribution in [0.15, 0.2) is 0 Å². The van der Waals surface area contributed by atoms with E-state index in [1.807, 2.05) is 0 Å². The fourth-order valence-electron chi connectivity index (χ4n) is 0. The first-order chi connectivity index (χ1) is 1.91. The predicted octanol–water partition coefficient (Wildman–Crippen LogP) is -0.624. The van der Waals surface area contributed by atoms with Crippen molar-refractivity contribution in [3.8, 4) is 0 Å². The molecule has 0 unspecified atom stereocenters. The van der Waals surface area contributed by atoms with Crippen LogP contribution < -0.4 is 5.73 Å². The van der Waals surface area contributed by atoms with E-state index < -0.39 is 0 Å². The van der Waals surface area contributed by atoms with Crippen LogP contribution >= 0.6 is 0 Å². The highest BCUT2D eigenvalue weighted by molar-refractivity contribution is 4.17. The van der Waals surface area contributed by atoms with Gasteiger partial charge in [0, 0.05) is 6.54 Å². The second kappa shape index (κ2) is 2.92. The second-order valence-electron chi connectivity index (χ2n) is 0.493. The zero-order valence-electron chi connectivity index (χ0n) is 2.40. The highest BCUT2D eigenvalue weighted by Gasteiger charge is 1.59. The zero-order valence-corrected chi connectivity index (χ0v) is 2.40. The van der Waals surface area contributed by atoms with Crippen molar-refractivity contribution in [3.05, 3.63) is 0 Å². The van der Waals surface area contributed by atoms with Crippen LogP contribution in [0.4, 0.5) is 0 Å². The van der Waals surface area contributed by atoms with Crippen molar-refractivity contribution in [1.29, 1.82) is 0 Å². The molecule has 0 saturated heterocycles. The van der Waals surface area contributed by atoms with Crippen LogP contribution in [0.3, 0.4) is 0 Å². The Hall–Kier alpha value is -0.0800. The molecule has 0 saturated carbocycles. The minimum absolute atomic E-state index is 0.153. The minimum Gasteiger partial charge on any atom is -0.328 e. The maximum absolute atomic E-state index is 9.17. The van der Waals surface area contributed by atoms with E-state index in [9.17, 15) is 5.11 Å². The summed E-state index contributed by atoms with van der Waals surface area (Å²) >= 11 is 0. The van der Waals surface area contributed by atoms with E-state index in [-0.39, 0.29) is 13.2 Å². The maximum Gasteiger partial charge on any atom is 0.0944 e. The number of hydrogen-bond donors (Lipinski definition) is 1. The molecular formula is C2H6NO. The van der Waals surface area contributed by atoms with Gasteiger partial charge in [0.15, 0.2) is 0 Å². The Morgan fingerprint density at radius 1 is 1.75 bits per heavy atom. The van der Waals surface area contributed by atoms with Gasteiger partial charge in [0.1, 0.15) is 0 Å². The lowest BCUT2D eigenvalue weighted by molar-refractivity contribution is 0.203. The van der Waals surface area contributed by atoms with Gasteiger partial charge in [0.25, 0.3) is 0 Å². The van der Waals surface area contributed by atoms with Crippen LogP contribution in [0, 0.1) is 0 Å². The van der Waals surface area contributed by atoms with Gasteiger partial charge in [-0.3, -0.25) is 0 Å². The SMILES string of the molecule is NCC[O]. The third kappa shape index (κ3) is 1.92. The highest BCUT2D eigenvalue weighted by atomic mass is 16.3. The Morgan fingerprint density at radius 2 is 2.00 bits per heavy atom. The molecule has 0 aromatic rings. The largest absolute Gasteiger partial charge is 0.328 e. The molecule has 0 spiro atoms. The molecule has 25 valence electrons. The fraction of sp³-hybridized carbons (Fsp3) is 1.00. The summed E-state index contributed by atoms with van der Waals surface area (Å²) in [5, 5.41) is 9.17. The van der Waals surface area contributed by atoms with Crippen LogP contribution in [0.5, 0.6) is 0 Å². The monoisotopic (exact) mass is 60.0 g/mol. The van der Waals surface area contributed by atoms with Crippen molar-refractivity contribution in [2.45, 2.75) is 0 Å². The van der Waals surface area contributed by atoms with Crippen LogP contribution in [0.2, 0.25) is 0 Å². The van der Waals surface area contributed by atoms with Crippen LogP contribution in [0.1, 0.15) is 0 Å². The first-order valence-electron chi connectivity index (χ1n) is 1.20. The molecule has 0 aromatic carbocycles. The third-order valence-electron chi connectivity index (χ3n) is 0.118. The first-order valence-corrected chi connectivity index (χ1v) is 1.20. The van der Waals surface area contributed by atoms with Crippen molar-refractivity contribution >= 4 is 0 Å². The van der Waals surface area contributed by atoms with Crippen LogP contribution in [0.25, 0.3) is 0 Å². The molecule has 0 fully saturated rings. The summed E-state index contributed by atoms with van der Waals surface area (Å²) in [4.78, 5) is 0. The van der Waals surface area contributed by atoms with Crippen LogP contribution in [-0.2, 0) is 5.11 Å². The molecule has 0 amide bonds. The lowest BCUT2D eigenvalue weighted by atomic mass is 10.8. The summed E-state index contributed by atoms with van der Waals surface area (Å²) < 4.78 is 0. The Morgan fingerprint density at radius 3 is 2.00 bits per heavy atom. The van der Waals surface area contributed by atoms with Gasteiger partial charge in [0.05, 0.1) is 6.61 Å². The Balaban J connectivity index is 1.97. The Bertz CT molecular complexity index is 8.00. The number of rotatable bonds is 1. The lowest BCUT2D eigenvalue weighted by Crippen LogP contribution is -2.00. The van der Waals surface area contributed by atoms with E-state index >= 15 is 0 Å². The molecule has 0 aliphatic rings. The molecular weight excluding hydrogens is 54.0 g/mol. The molecule has 0 atom stereocenters. The molecule has 0 rings (SSSR count). The highest BCUT2D eigenvalue weighted by Crippen LogP contribution is 1.36. The quantitative estimate of drug-likeness (QED) is 0.430. The van der Waals surface area contributed by atoms with Gasteiger partial charge in [-0.15, -0.1) is 0 Å². The first kappa shape index (κ1) is 3.92. The van der Waals surface area contributed by atoms with Crippen molar-refractivity contribution in [2.24, 2.45) is 5.73 Å². The molecule has 0 aliphatic carbocycles. The van der Waals surface area contributed by atoms with Gasteiger partial charge < -0.3 is 5.73 Å². The fourth-order valence-corrected chi connectivity index (χ4v) is 0. The van der Waals surface area contributed by atoms with E-state index in [2.05, 4.69) is 0 Å². The Kier molecular flexibility index (Phi) is 2.86. The smallest absolute Gasteiger partial charge is 0.0944 e. The summed E-state index contributed by atoms with van der Waals surface area (Å²) in [5.74, 6) is 0. The predicted molar refractivity (Wildman–Crippen MR) is 14.6 cm³/mol. The van der Waals surface area contributed by atoms with E-state index in [0.717, 1.165) is 0 Å². The van der Waals surface area contributed by atoms with Crippen molar-refractivity contribution in [1.82, 2.24) is 0 Å². The molecule has 0 aliphatic heterocycles. The van der Waals surface area contributed by atoms with Gasteiger partial charge in [-0.05, 0) is 0 Å². The summed E-state index contributed by atoms with van der Waals surface area (Å²) in [6, 6.07) is 0. The molecule has 2 nitrogen and oxygen atoms in total. The lowest BCUT2D eigenvalue weighted by Gasteiger charge is -1.67. The second-order valence-corrected chi connectivity index (χ2v) is 0.493. The third-order valence-corrected chi connectivity index (χ3v) is 0.118.